The Morgan fingerprint density at radius 3 is 2.58 bits per heavy atom. The first kappa shape index (κ1) is 25.0. The minimum Gasteiger partial charge on any atom is -0.352 e. The van der Waals surface area contributed by atoms with Crippen LogP contribution in [0.5, 0.6) is 0 Å². The van der Waals surface area contributed by atoms with Gasteiger partial charge in [-0.1, -0.05) is 39.0 Å². The maximum absolute atomic E-state index is 13.2. The predicted octanol–water partition coefficient (Wildman–Crippen LogP) is 4.31. The normalized spacial score (nSPS) is 18.0. The fourth-order valence-electron chi connectivity index (χ4n) is 5.73. The molecule has 1 aliphatic carbocycles. The van der Waals surface area contributed by atoms with Crippen molar-refractivity contribution in [3.05, 3.63) is 56.6 Å². The molecule has 0 radical (unpaired) electrons. The van der Waals surface area contributed by atoms with Crippen molar-refractivity contribution in [3.63, 3.8) is 0 Å². The first-order valence-electron chi connectivity index (χ1n) is 13.6. The molecule has 0 N–H and O–H groups in total. The van der Waals surface area contributed by atoms with Crippen LogP contribution in [0.15, 0.2) is 29.1 Å². The molecule has 1 unspecified atom stereocenters. The van der Waals surface area contributed by atoms with E-state index in [1.165, 1.54) is 26.9 Å². The first-order chi connectivity index (χ1) is 18.3. The molecule has 1 amide bonds. The summed E-state index contributed by atoms with van der Waals surface area (Å²) in [5.41, 5.74) is 1.96. The Morgan fingerprint density at radius 1 is 1.11 bits per heavy atom. The van der Waals surface area contributed by atoms with Gasteiger partial charge in [0.05, 0.1) is 16.5 Å². The molecule has 6 rings (SSSR count). The predicted molar refractivity (Wildman–Crippen MR) is 152 cm³/mol. The summed E-state index contributed by atoms with van der Waals surface area (Å²) in [7, 11) is 0. The smallest absolute Gasteiger partial charge is 0.275 e. The van der Waals surface area contributed by atoms with Crippen molar-refractivity contribution in [3.8, 4) is 0 Å². The lowest BCUT2D eigenvalue weighted by molar-refractivity contribution is -0.132. The van der Waals surface area contributed by atoms with Crippen molar-refractivity contribution in [1.29, 1.82) is 0 Å². The number of hydrogen-bond acceptors (Lipinski definition) is 7. The Bertz CT molecular complexity index is 1600. The number of carbonyl (C=O) groups excluding carboxylic acids is 1. The number of rotatable bonds is 4. The van der Waals surface area contributed by atoms with Crippen LogP contribution in [0.4, 0.5) is 5.82 Å². The average Bonchev–Trinajstić information content (AvgIpc) is 3.28. The van der Waals surface area contributed by atoms with Crippen LogP contribution in [-0.4, -0.2) is 56.7 Å². The van der Waals surface area contributed by atoms with Gasteiger partial charge in [0.2, 0.25) is 5.91 Å². The molecule has 0 bridgehead atoms. The second kappa shape index (κ2) is 9.76. The van der Waals surface area contributed by atoms with Gasteiger partial charge in [0.25, 0.3) is 5.56 Å². The van der Waals surface area contributed by atoms with E-state index in [0.717, 1.165) is 40.4 Å². The van der Waals surface area contributed by atoms with Crippen molar-refractivity contribution in [1.82, 2.24) is 24.6 Å². The van der Waals surface area contributed by atoms with E-state index in [4.69, 9.17) is 9.97 Å². The molecule has 3 aromatic heterocycles. The molecule has 8 nitrogen and oxygen atoms in total. The SMILES string of the molecule is Cc1nn(CC(=O)N2CCN(c3nc(C(C)C)nc4sc5c(c34)CCC(C)C5)CC2)c(=O)c2ccccc12. The molecule has 0 saturated carbocycles. The number of carbonyl (C=O) groups is 1. The second-order valence-corrected chi connectivity index (χ2v) is 12.1. The molecule has 1 atom stereocenters. The van der Waals surface area contributed by atoms with Crippen LogP contribution in [0.2, 0.25) is 0 Å². The van der Waals surface area contributed by atoms with Crippen molar-refractivity contribution in [2.45, 2.75) is 59.4 Å². The zero-order chi connectivity index (χ0) is 26.6. The Morgan fingerprint density at radius 2 is 1.84 bits per heavy atom. The Kier molecular flexibility index (Phi) is 6.42. The number of aryl methyl sites for hydroxylation is 2. The van der Waals surface area contributed by atoms with E-state index < -0.39 is 0 Å². The lowest BCUT2D eigenvalue weighted by Gasteiger charge is -2.36. The monoisotopic (exact) mass is 530 g/mol. The van der Waals surface area contributed by atoms with Gasteiger partial charge in [-0.2, -0.15) is 5.10 Å². The standard InChI is InChI=1S/C29H34N6O2S/c1-17(2)26-30-27(25-22-10-9-18(3)15-23(22)38-28(25)31-26)34-13-11-33(12-14-34)24(36)16-35-29(37)21-8-6-5-7-20(21)19(4)32-35/h5-8,17-18H,9-16H2,1-4H3. The molecule has 1 aromatic carbocycles. The topological polar surface area (TPSA) is 84.2 Å². The summed E-state index contributed by atoms with van der Waals surface area (Å²) >= 11 is 1.84. The highest BCUT2D eigenvalue weighted by Gasteiger charge is 2.29. The number of benzene rings is 1. The van der Waals surface area contributed by atoms with Gasteiger partial charge >= 0.3 is 0 Å². The number of nitrogens with zero attached hydrogens (tertiary/aromatic N) is 6. The summed E-state index contributed by atoms with van der Waals surface area (Å²) in [6.07, 6.45) is 3.41. The summed E-state index contributed by atoms with van der Waals surface area (Å²) in [4.78, 5) is 43.0. The van der Waals surface area contributed by atoms with Crippen LogP contribution in [0.3, 0.4) is 0 Å². The van der Waals surface area contributed by atoms with Crippen LogP contribution >= 0.6 is 11.3 Å². The van der Waals surface area contributed by atoms with E-state index in [-0.39, 0.29) is 23.9 Å². The average molecular weight is 531 g/mol. The molecule has 1 saturated heterocycles. The third kappa shape index (κ3) is 4.36. The molecule has 0 spiro atoms. The van der Waals surface area contributed by atoms with E-state index in [1.54, 1.807) is 6.07 Å². The first-order valence-corrected chi connectivity index (χ1v) is 14.4. The number of aromatic nitrogens is 4. The zero-order valence-electron chi connectivity index (χ0n) is 22.5. The van der Waals surface area contributed by atoms with Gasteiger partial charge in [-0.15, -0.1) is 11.3 Å². The summed E-state index contributed by atoms with van der Waals surface area (Å²) < 4.78 is 1.31. The van der Waals surface area contributed by atoms with Crippen LogP contribution in [0.1, 0.15) is 55.1 Å². The lowest BCUT2D eigenvalue weighted by Crippen LogP contribution is -2.50. The minimum atomic E-state index is -0.223. The molecule has 2 aliphatic rings. The fourth-order valence-corrected chi connectivity index (χ4v) is 7.12. The summed E-state index contributed by atoms with van der Waals surface area (Å²) in [6, 6.07) is 7.43. The maximum atomic E-state index is 13.2. The molecular formula is C29H34N6O2S. The van der Waals surface area contributed by atoms with Crippen LogP contribution in [-0.2, 0) is 24.2 Å². The zero-order valence-corrected chi connectivity index (χ0v) is 23.3. The molecule has 198 valence electrons. The maximum Gasteiger partial charge on any atom is 0.275 e. The Hall–Kier alpha value is -3.33. The van der Waals surface area contributed by atoms with E-state index in [2.05, 4.69) is 30.8 Å². The van der Waals surface area contributed by atoms with E-state index in [9.17, 15) is 9.59 Å². The largest absolute Gasteiger partial charge is 0.352 e. The van der Waals surface area contributed by atoms with Crippen LogP contribution < -0.4 is 10.5 Å². The number of fused-ring (bicyclic) bond motifs is 4. The van der Waals surface area contributed by atoms with Crippen molar-refractivity contribution >= 4 is 44.1 Å². The van der Waals surface area contributed by atoms with Gasteiger partial charge in [0.15, 0.2) is 0 Å². The molecular weight excluding hydrogens is 496 g/mol. The van der Waals surface area contributed by atoms with Gasteiger partial charge in [-0.25, -0.2) is 14.6 Å². The molecule has 4 heterocycles. The minimum absolute atomic E-state index is 0.0457. The van der Waals surface area contributed by atoms with Gasteiger partial charge in [0.1, 0.15) is 23.0 Å². The van der Waals surface area contributed by atoms with Crippen molar-refractivity contribution in [2.24, 2.45) is 5.92 Å². The lowest BCUT2D eigenvalue weighted by atomic mass is 9.89. The number of piperazine rings is 1. The third-order valence-electron chi connectivity index (χ3n) is 7.94. The van der Waals surface area contributed by atoms with Gasteiger partial charge in [0, 0.05) is 42.4 Å². The fraction of sp³-hybridized carbons (Fsp3) is 0.483. The Labute approximate surface area is 226 Å². The number of amides is 1. The highest BCUT2D eigenvalue weighted by molar-refractivity contribution is 7.19. The third-order valence-corrected chi connectivity index (χ3v) is 9.09. The van der Waals surface area contributed by atoms with Crippen LogP contribution in [0.25, 0.3) is 21.0 Å². The second-order valence-electron chi connectivity index (χ2n) is 11.1. The van der Waals surface area contributed by atoms with E-state index >= 15 is 0 Å². The van der Waals surface area contributed by atoms with E-state index in [1.807, 2.05) is 41.4 Å². The highest BCUT2D eigenvalue weighted by Crippen LogP contribution is 2.41. The van der Waals surface area contributed by atoms with Gasteiger partial charge < -0.3 is 9.80 Å². The molecule has 1 fully saturated rings. The van der Waals surface area contributed by atoms with Crippen molar-refractivity contribution in [2.75, 3.05) is 31.1 Å². The summed E-state index contributed by atoms with van der Waals surface area (Å²) in [5, 5.41) is 7.08. The molecule has 9 heteroatoms. The van der Waals surface area contributed by atoms with E-state index in [0.29, 0.717) is 37.5 Å². The van der Waals surface area contributed by atoms with Gasteiger partial charge in [-0.3, -0.25) is 9.59 Å². The number of hydrogen-bond donors (Lipinski definition) is 0. The number of thiophene rings is 1. The highest BCUT2D eigenvalue weighted by atomic mass is 32.1. The quantitative estimate of drug-likeness (QED) is 0.391. The Balaban J connectivity index is 1.23. The van der Waals surface area contributed by atoms with Crippen molar-refractivity contribution < 1.29 is 4.79 Å². The van der Waals surface area contributed by atoms with Crippen LogP contribution in [0, 0.1) is 12.8 Å². The molecule has 4 aromatic rings. The molecule has 38 heavy (non-hydrogen) atoms. The molecule has 1 aliphatic heterocycles. The summed E-state index contributed by atoms with van der Waals surface area (Å²) in [6.45, 7) is 11.0. The number of anilines is 1. The van der Waals surface area contributed by atoms with Gasteiger partial charge in [-0.05, 0) is 43.7 Å². The summed E-state index contributed by atoms with van der Waals surface area (Å²) in [5.74, 6) is 2.79.